The van der Waals surface area contributed by atoms with E-state index in [1.165, 1.54) is 0 Å². The van der Waals surface area contributed by atoms with Gasteiger partial charge in [-0.15, -0.1) is 0 Å². The Bertz CT molecular complexity index is 115. The van der Waals surface area contributed by atoms with Gasteiger partial charge in [-0.1, -0.05) is 43.6 Å². The fourth-order valence-electron chi connectivity index (χ4n) is 0.451. The maximum Gasteiger partial charge on any atom is 0.120 e. The summed E-state index contributed by atoms with van der Waals surface area (Å²) in [6.07, 6.45) is 2.57. The Labute approximate surface area is 108 Å². The fraction of sp³-hybridized carbons (Fsp3) is 0.917. The molecule has 0 heterocycles. The van der Waals surface area contributed by atoms with Gasteiger partial charge in [0.05, 0.1) is 6.61 Å². The lowest BCUT2D eigenvalue weighted by Gasteiger charge is -1.95. The van der Waals surface area contributed by atoms with E-state index in [1.807, 2.05) is 13.8 Å². The number of halogens is 1. The van der Waals surface area contributed by atoms with Crippen LogP contribution in [0.1, 0.15) is 40.5 Å². The number of aldehydes is 1. The number of hydrogen-bond donors (Lipinski definition) is 2. The molecule has 0 unspecified atom stereocenters. The van der Waals surface area contributed by atoms with Crippen LogP contribution in [0.15, 0.2) is 0 Å². The summed E-state index contributed by atoms with van der Waals surface area (Å²) < 4.78 is 0. The average Bonchev–Trinajstić information content (AvgIpc) is 2.18. The quantitative estimate of drug-likeness (QED) is 0.606. The highest BCUT2D eigenvalue weighted by molar-refractivity contribution is 9.09. The maximum absolute atomic E-state index is 9.62. The summed E-state index contributed by atoms with van der Waals surface area (Å²) in [7, 11) is 0. The van der Waals surface area contributed by atoms with Gasteiger partial charge in [-0.2, -0.15) is 0 Å². The Morgan fingerprint density at radius 1 is 1.06 bits per heavy atom. The standard InChI is InChI=1S/C5H12O.C5H10O.C2H5BrO/c2*1-5(2)3-4-6;3-1-2-4/h5-6H,3-4H2,1-2H3;4-5H,3H2,1-2H3;4H,1-2H2. The van der Waals surface area contributed by atoms with Crippen LogP contribution in [0.4, 0.5) is 0 Å². The van der Waals surface area contributed by atoms with Crippen molar-refractivity contribution in [3.05, 3.63) is 0 Å². The van der Waals surface area contributed by atoms with Gasteiger partial charge in [0.15, 0.2) is 0 Å². The predicted octanol–water partition coefficient (Wildman–Crippen LogP) is 2.63. The third kappa shape index (κ3) is 48.1. The SMILES string of the molecule is CC(C)CC=O.CC(C)CCO.OCCBr. The summed E-state index contributed by atoms with van der Waals surface area (Å²) in [6.45, 7) is 8.80. The van der Waals surface area contributed by atoms with Crippen molar-refractivity contribution >= 4 is 22.2 Å². The maximum atomic E-state index is 9.62. The van der Waals surface area contributed by atoms with Gasteiger partial charge < -0.3 is 15.0 Å². The molecule has 0 amide bonds. The average molecular weight is 299 g/mol. The van der Waals surface area contributed by atoms with Gasteiger partial charge in [0, 0.05) is 18.4 Å². The lowest BCUT2D eigenvalue weighted by atomic mass is 10.2. The van der Waals surface area contributed by atoms with E-state index in [2.05, 4.69) is 29.8 Å². The van der Waals surface area contributed by atoms with Crippen LogP contribution < -0.4 is 0 Å². The van der Waals surface area contributed by atoms with Crippen LogP contribution in [0.2, 0.25) is 0 Å². The number of rotatable bonds is 5. The van der Waals surface area contributed by atoms with Gasteiger partial charge >= 0.3 is 0 Å². The van der Waals surface area contributed by atoms with E-state index >= 15 is 0 Å². The Kier molecular flexibility index (Phi) is 27.3. The molecule has 16 heavy (non-hydrogen) atoms. The minimum absolute atomic E-state index is 0.236. The van der Waals surface area contributed by atoms with Crippen molar-refractivity contribution in [2.45, 2.75) is 40.5 Å². The van der Waals surface area contributed by atoms with E-state index in [1.54, 1.807) is 0 Å². The molecule has 0 aliphatic carbocycles. The Balaban J connectivity index is -0.000000162. The predicted molar refractivity (Wildman–Crippen MR) is 72.9 cm³/mol. The summed E-state index contributed by atoms with van der Waals surface area (Å²) in [5.41, 5.74) is 0. The number of carbonyl (C=O) groups excluding carboxylic acids is 1. The van der Waals surface area contributed by atoms with Gasteiger partial charge in [-0.05, 0) is 18.3 Å². The zero-order valence-electron chi connectivity index (χ0n) is 10.9. The summed E-state index contributed by atoms with van der Waals surface area (Å²) in [4.78, 5) is 9.62. The molecule has 2 N–H and O–H groups in total. The summed E-state index contributed by atoms with van der Waals surface area (Å²) in [5, 5.41) is 16.8. The first kappa shape index (κ1) is 21.4. The van der Waals surface area contributed by atoms with Gasteiger partial charge in [0.1, 0.15) is 6.29 Å². The second-order valence-electron chi connectivity index (χ2n) is 4.11. The topological polar surface area (TPSA) is 57.5 Å². The van der Waals surface area contributed by atoms with Crippen LogP contribution in [0.5, 0.6) is 0 Å². The highest BCUT2D eigenvalue weighted by Crippen LogP contribution is 1.94. The fourth-order valence-corrected chi connectivity index (χ4v) is 0.451. The van der Waals surface area contributed by atoms with E-state index in [4.69, 9.17) is 10.2 Å². The molecule has 0 radical (unpaired) electrons. The largest absolute Gasteiger partial charge is 0.396 e. The number of hydrogen-bond acceptors (Lipinski definition) is 3. The molecule has 4 heteroatoms. The van der Waals surface area contributed by atoms with Gasteiger partial charge in [-0.25, -0.2) is 0 Å². The molecule has 0 saturated carbocycles. The molecular weight excluding hydrogens is 272 g/mol. The minimum Gasteiger partial charge on any atom is -0.396 e. The monoisotopic (exact) mass is 298 g/mol. The minimum atomic E-state index is 0.236. The van der Waals surface area contributed by atoms with Crippen molar-refractivity contribution in [2.75, 3.05) is 18.5 Å². The van der Waals surface area contributed by atoms with Gasteiger partial charge in [0.2, 0.25) is 0 Å². The third-order valence-corrected chi connectivity index (χ3v) is 1.71. The summed E-state index contributed by atoms with van der Waals surface area (Å²) in [5.74, 6) is 1.18. The molecule has 0 aliphatic heterocycles. The summed E-state index contributed by atoms with van der Waals surface area (Å²) in [6, 6.07) is 0. The van der Waals surface area contributed by atoms with Crippen LogP contribution in [0, 0.1) is 11.8 Å². The first-order chi connectivity index (χ1) is 7.45. The normalized spacial score (nSPS) is 9.06. The zero-order valence-corrected chi connectivity index (χ0v) is 12.5. The highest BCUT2D eigenvalue weighted by atomic mass is 79.9. The van der Waals surface area contributed by atoms with Crippen molar-refractivity contribution in [2.24, 2.45) is 11.8 Å². The molecule has 0 aromatic rings. The Morgan fingerprint density at radius 2 is 1.50 bits per heavy atom. The van der Waals surface area contributed by atoms with Crippen molar-refractivity contribution in [1.29, 1.82) is 0 Å². The lowest BCUT2D eigenvalue weighted by Crippen LogP contribution is -1.89. The molecule has 0 aromatic carbocycles. The van der Waals surface area contributed by atoms with Crippen LogP contribution in [0.3, 0.4) is 0 Å². The number of aliphatic hydroxyl groups is 2. The summed E-state index contributed by atoms with van der Waals surface area (Å²) >= 11 is 3.00. The molecule has 0 bridgehead atoms. The lowest BCUT2D eigenvalue weighted by molar-refractivity contribution is -0.108. The molecular formula is C12H27BrO3. The molecule has 0 rings (SSSR count). The smallest absolute Gasteiger partial charge is 0.120 e. The van der Waals surface area contributed by atoms with Gasteiger partial charge in [0.25, 0.3) is 0 Å². The van der Waals surface area contributed by atoms with E-state index in [0.717, 1.165) is 12.7 Å². The molecule has 0 spiro atoms. The van der Waals surface area contributed by atoms with E-state index < -0.39 is 0 Å². The molecule has 0 atom stereocenters. The first-order valence-corrected chi connectivity index (χ1v) is 6.79. The van der Waals surface area contributed by atoms with E-state index in [9.17, 15) is 4.79 Å². The molecule has 0 aliphatic rings. The number of alkyl halides is 1. The zero-order chi connectivity index (χ0) is 13.4. The third-order valence-electron chi connectivity index (χ3n) is 1.36. The molecule has 0 fully saturated rings. The van der Waals surface area contributed by atoms with E-state index in [0.29, 0.717) is 30.2 Å². The van der Waals surface area contributed by atoms with Crippen LogP contribution in [0.25, 0.3) is 0 Å². The van der Waals surface area contributed by atoms with Crippen molar-refractivity contribution in [1.82, 2.24) is 0 Å². The van der Waals surface area contributed by atoms with Crippen molar-refractivity contribution in [3.63, 3.8) is 0 Å². The van der Waals surface area contributed by atoms with E-state index in [-0.39, 0.29) is 6.61 Å². The first-order valence-electron chi connectivity index (χ1n) is 5.67. The van der Waals surface area contributed by atoms with Crippen LogP contribution in [-0.4, -0.2) is 35.0 Å². The Morgan fingerprint density at radius 3 is 1.50 bits per heavy atom. The van der Waals surface area contributed by atoms with Crippen LogP contribution in [-0.2, 0) is 4.79 Å². The molecule has 0 saturated heterocycles. The number of aliphatic hydroxyl groups excluding tert-OH is 2. The second kappa shape index (κ2) is 20.5. The second-order valence-corrected chi connectivity index (χ2v) is 4.91. The number of carbonyl (C=O) groups is 1. The van der Waals surface area contributed by atoms with Crippen molar-refractivity contribution < 1.29 is 15.0 Å². The molecule has 3 nitrogen and oxygen atoms in total. The van der Waals surface area contributed by atoms with Crippen molar-refractivity contribution in [3.8, 4) is 0 Å². The highest BCUT2D eigenvalue weighted by Gasteiger charge is 1.86. The Hall–Kier alpha value is 0.0700. The van der Waals surface area contributed by atoms with Gasteiger partial charge in [-0.3, -0.25) is 0 Å². The van der Waals surface area contributed by atoms with Crippen LogP contribution >= 0.6 is 15.9 Å². The molecule has 100 valence electrons. The molecule has 0 aromatic heterocycles.